The Morgan fingerprint density at radius 2 is 1.47 bits per heavy atom. The van der Waals surface area contributed by atoms with Crippen LogP contribution in [0.1, 0.15) is 0 Å². The second kappa shape index (κ2) is 4.27. The normalized spacial score (nSPS) is 12.4. The highest BCUT2D eigenvalue weighted by atomic mass is 19.4. The molecule has 0 aliphatic carbocycles. The first kappa shape index (κ1) is 13.3. The summed E-state index contributed by atoms with van der Waals surface area (Å²) in [6.07, 6.45) is -6.04. The molecule has 0 atom stereocenters. The third-order valence-corrected chi connectivity index (χ3v) is 1.64. The minimum absolute atomic E-state index is 0.611. The monoisotopic (exact) mass is 258 g/mol. The Hall–Kier alpha value is -1.73. The van der Waals surface area contributed by atoms with Crippen LogP contribution in [0.25, 0.3) is 0 Å². The van der Waals surface area contributed by atoms with Gasteiger partial charge >= 0.3 is 18.1 Å². The zero-order chi connectivity index (χ0) is 13.3. The highest BCUT2D eigenvalue weighted by molar-refractivity contribution is 5.80. The van der Waals surface area contributed by atoms with E-state index in [9.17, 15) is 31.1 Å². The van der Waals surface area contributed by atoms with E-state index in [1.807, 2.05) is 0 Å². The summed E-state index contributed by atoms with van der Waals surface area (Å²) in [6.45, 7) is 0. The highest BCUT2D eigenvalue weighted by Crippen LogP contribution is 2.36. The molecule has 0 saturated heterocycles. The topological polar surface area (TPSA) is 26.3 Å². The van der Waals surface area contributed by atoms with Crippen molar-refractivity contribution in [2.45, 2.75) is 12.1 Å². The van der Waals surface area contributed by atoms with Crippen LogP contribution in [0.15, 0.2) is 24.3 Å². The molecule has 94 valence electrons. The molecule has 0 aromatic heterocycles. The van der Waals surface area contributed by atoms with Gasteiger partial charge in [-0.15, -0.1) is 0 Å². The number of hydrogen-bond donors (Lipinski definition) is 0. The quantitative estimate of drug-likeness (QED) is 0.463. The van der Waals surface area contributed by atoms with Crippen molar-refractivity contribution in [3.8, 4) is 5.75 Å². The Morgan fingerprint density at radius 1 is 1.00 bits per heavy atom. The van der Waals surface area contributed by atoms with Crippen molar-refractivity contribution in [1.29, 1.82) is 0 Å². The average molecular weight is 258 g/mol. The van der Waals surface area contributed by atoms with Gasteiger partial charge in [0.15, 0.2) is 0 Å². The fraction of sp³-hybridized carbons (Fsp3) is 0.222. The van der Waals surface area contributed by atoms with E-state index in [0.717, 1.165) is 24.3 Å². The zero-order valence-electron chi connectivity index (χ0n) is 7.89. The lowest BCUT2D eigenvalue weighted by Crippen LogP contribution is -2.46. The van der Waals surface area contributed by atoms with Crippen molar-refractivity contribution in [2.75, 3.05) is 0 Å². The van der Waals surface area contributed by atoms with E-state index in [4.69, 9.17) is 0 Å². The molecule has 0 amide bonds. The molecule has 0 saturated carbocycles. The van der Waals surface area contributed by atoms with E-state index < -0.39 is 29.6 Å². The second-order valence-corrected chi connectivity index (χ2v) is 2.92. The fourth-order valence-corrected chi connectivity index (χ4v) is 0.789. The van der Waals surface area contributed by atoms with Crippen LogP contribution in [0.5, 0.6) is 5.75 Å². The summed E-state index contributed by atoms with van der Waals surface area (Å²) in [5.41, 5.74) is 0. The van der Waals surface area contributed by atoms with Gasteiger partial charge in [-0.1, -0.05) is 0 Å². The average Bonchev–Trinajstić information content (AvgIpc) is 2.19. The van der Waals surface area contributed by atoms with E-state index in [0.29, 0.717) is 0 Å². The SMILES string of the molecule is O=C(Oc1ccc(F)cc1)C(F)(F)C(F)(F)F. The predicted octanol–water partition coefficient (Wildman–Crippen LogP) is 2.93. The van der Waals surface area contributed by atoms with Crippen molar-refractivity contribution in [2.24, 2.45) is 0 Å². The Labute approximate surface area is 90.8 Å². The van der Waals surface area contributed by atoms with Crippen molar-refractivity contribution >= 4 is 5.97 Å². The van der Waals surface area contributed by atoms with E-state index >= 15 is 0 Å². The molecule has 1 aromatic rings. The van der Waals surface area contributed by atoms with E-state index in [1.54, 1.807) is 0 Å². The van der Waals surface area contributed by atoms with Gasteiger partial charge in [-0.3, -0.25) is 0 Å². The molecule has 0 fully saturated rings. The molecule has 0 heterocycles. The van der Waals surface area contributed by atoms with Gasteiger partial charge in [-0.05, 0) is 24.3 Å². The number of rotatable bonds is 2. The number of carbonyl (C=O) groups excluding carboxylic acids is 1. The van der Waals surface area contributed by atoms with E-state index in [-0.39, 0.29) is 0 Å². The van der Waals surface area contributed by atoms with Crippen molar-refractivity contribution in [1.82, 2.24) is 0 Å². The lowest BCUT2D eigenvalue weighted by molar-refractivity contribution is -0.276. The van der Waals surface area contributed by atoms with Gasteiger partial charge in [0.2, 0.25) is 0 Å². The number of halogens is 6. The van der Waals surface area contributed by atoms with Crippen LogP contribution in [0.2, 0.25) is 0 Å². The van der Waals surface area contributed by atoms with E-state index in [2.05, 4.69) is 4.74 Å². The Morgan fingerprint density at radius 3 is 1.88 bits per heavy atom. The lowest BCUT2D eigenvalue weighted by Gasteiger charge is -2.17. The maximum Gasteiger partial charge on any atom is 0.465 e. The summed E-state index contributed by atoms with van der Waals surface area (Å²) in [6, 6.07) is 2.99. The number of hydrogen-bond acceptors (Lipinski definition) is 2. The maximum atomic E-state index is 12.4. The minimum Gasteiger partial charge on any atom is -0.422 e. The smallest absolute Gasteiger partial charge is 0.422 e. The van der Waals surface area contributed by atoms with Crippen LogP contribution < -0.4 is 4.74 Å². The van der Waals surface area contributed by atoms with Crippen LogP contribution in [0, 0.1) is 5.82 Å². The molecule has 0 spiro atoms. The maximum absolute atomic E-state index is 12.4. The van der Waals surface area contributed by atoms with Crippen LogP contribution in [0.4, 0.5) is 26.3 Å². The number of carbonyl (C=O) groups is 1. The van der Waals surface area contributed by atoms with Gasteiger partial charge in [0.1, 0.15) is 11.6 Å². The first-order chi connectivity index (χ1) is 7.64. The van der Waals surface area contributed by atoms with Crippen LogP contribution >= 0.6 is 0 Å². The highest BCUT2D eigenvalue weighted by Gasteiger charge is 2.65. The third-order valence-electron chi connectivity index (χ3n) is 1.64. The van der Waals surface area contributed by atoms with Gasteiger partial charge in [-0.25, -0.2) is 9.18 Å². The summed E-state index contributed by atoms with van der Waals surface area (Å²) in [5, 5.41) is 0. The molecular formula is C9H4F6O2. The second-order valence-electron chi connectivity index (χ2n) is 2.92. The Bertz CT molecular complexity index is 408. The van der Waals surface area contributed by atoms with Gasteiger partial charge in [0.05, 0.1) is 0 Å². The summed E-state index contributed by atoms with van der Waals surface area (Å²) in [4.78, 5) is 10.6. The number of esters is 1. The van der Waals surface area contributed by atoms with Gasteiger partial charge in [0.25, 0.3) is 0 Å². The Kier molecular flexibility index (Phi) is 3.35. The van der Waals surface area contributed by atoms with Crippen LogP contribution in [-0.2, 0) is 4.79 Å². The summed E-state index contributed by atoms with van der Waals surface area (Å²) >= 11 is 0. The largest absolute Gasteiger partial charge is 0.465 e. The van der Waals surface area contributed by atoms with Crippen LogP contribution in [-0.4, -0.2) is 18.1 Å². The van der Waals surface area contributed by atoms with E-state index in [1.165, 1.54) is 0 Å². The van der Waals surface area contributed by atoms with Crippen LogP contribution in [0.3, 0.4) is 0 Å². The number of benzene rings is 1. The predicted molar refractivity (Wildman–Crippen MR) is 43.0 cm³/mol. The molecule has 0 bridgehead atoms. The fourth-order valence-electron chi connectivity index (χ4n) is 0.789. The molecule has 8 heteroatoms. The molecule has 1 aromatic carbocycles. The Balaban J connectivity index is 2.83. The molecule has 0 aliphatic rings. The molecule has 17 heavy (non-hydrogen) atoms. The molecule has 0 unspecified atom stereocenters. The van der Waals surface area contributed by atoms with Gasteiger partial charge < -0.3 is 4.74 Å². The lowest BCUT2D eigenvalue weighted by atomic mass is 10.3. The summed E-state index contributed by atoms with van der Waals surface area (Å²) < 4.78 is 76.2. The zero-order valence-corrected chi connectivity index (χ0v) is 7.89. The number of ether oxygens (including phenoxy) is 1. The molecule has 2 nitrogen and oxygen atoms in total. The van der Waals surface area contributed by atoms with Gasteiger partial charge in [-0.2, -0.15) is 22.0 Å². The first-order valence-electron chi connectivity index (χ1n) is 4.07. The molecule has 0 aliphatic heterocycles. The molecule has 0 radical (unpaired) electrons. The minimum atomic E-state index is -6.04. The molecular weight excluding hydrogens is 254 g/mol. The molecule has 0 N–H and O–H groups in total. The third kappa shape index (κ3) is 2.89. The van der Waals surface area contributed by atoms with Crippen molar-refractivity contribution in [3.05, 3.63) is 30.1 Å². The summed E-state index contributed by atoms with van der Waals surface area (Å²) in [7, 11) is 0. The number of alkyl halides is 5. The van der Waals surface area contributed by atoms with Gasteiger partial charge in [0, 0.05) is 0 Å². The first-order valence-corrected chi connectivity index (χ1v) is 4.07. The summed E-state index contributed by atoms with van der Waals surface area (Å²) in [5.74, 6) is -9.74. The molecule has 1 rings (SSSR count). The van der Waals surface area contributed by atoms with Crippen molar-refractivity contribution < 1.29 is 35.9 Å². The van der Waals surface area contributed by atoms with Crippen molar-refractivity contribution in [3.63, 3.8) is 0 Å². The standard InChI is InChI=1S/C9H4F6O2/c10-5-1-3-6(4-2-5)17-7(16)8(11,12)9(13,14)15/h1-4H.